The predicted molar refractivity (Wildman–Crippen MR) is 61.9 cm³/mol. The molecule has 16 heavy (non-hydrogen) atoms. The molecule has 0 unspecified atom stereocenters. The zero-order chi connectivity index (χ0) is 11.4. The molecule has 1 aliphatic heterocycles. The summed E-state index contributed by atoms with van der Waals surface area (Å²) in [6.07, 6.45) is 2.40. The first-order chi connectivity index (χ1) is 7.79. The molecule has 1 aromatic rings. The first-order valence-electron chi connectivity index (χ1n) is 5.47. The van der Waals surface area contributed by atoms with Crippen LogP contribution < -0.4 is 15.2 Å². The first-order valence-corrected chi connectivity index (χ1v) is 5.47. The van der Waals surface area contributed by atoms with Gasteiger partial charge in [0.1, 0.15) is 6.61 Å². The van der Waals surface area contributed by atoms with Crippen molar-refractivity contribution in [3.8, 4) is 11.5 Å². The minimum Gasteiger partial charge on any atom is -0.493 e. The molecule has 4 nitrogen and oxygen atoms in total. The molecular formula is C12H17NO3. The number of hydrogen-bond donors (Lipinski definition) is 1. The average molecular weight is 223 g/mol. The SMILES string of the molecule is COc1cc(N)ccc1OC[C@@H]1CCCO1. The number of methoxy groups -OCH3 is 1. The van der Waals surface area contributed by atoms with Gasteiger partial charge in [0.2, 0.25) is 0 Å². The second-order valence-corrected chi connectivity index (χ2v) is 3.86. The standard InChI is InChI=1S/C12H17NO3/c1-14-12-7-9(13)4-5-11(12)16-8-10-3-2-6-15-10/h4-5,7,10H,2-3,6,8,13H2,1H3/t10-/m0/s1. The fourth-order valence-electron chi connectivity index (χ4n) is 1.76. The van der Waals surface area contributed by atoms with Crippen LogP contribution in [0.5, 0.6) is 11.5 Å². The highest BCUT2D eigenvalue weighted by atomic mass is 16.5. The van der Waals surface area contributed by atoms with Crippen LogP contribution in [-0.2, 0) is 4.74 Å². The Hall–Kier alpha value is -1.42. The van der Waals surface area contributed by atoms with Gasteiger partial charge in [-0.05, 0) is 25.0 Å². The van der Waals surface area contributed by atoms with E-state index in [-0.39, 0.29) is 6.10 Å². The van der Waals surface area contributed by atoms with E-state index < -0.39 is 0 Å². The maximum Gasteiger partial charge on any atom is 0.162 e. The summed E-state index contributed by atoms with van der Waals surface area (Å²) in [5, 5.41) is 0. The molecule has 2 rings (SSSR count). The van der Waals surface area contributed by atoms with Gasteiger partial charge in [0.05, 0.1) is 13.2 Å². The van der Waals surface area contributed by atoms with Gasteiger partial charge in [-0.3, -0.25) is 0 Å². The maximum absolute atomic E-state index is 5.66. The van der Waals surface area contributed by atoms with Crippen LogP contribution in [0.4, 0.5) is 5.69 Å². The number of anilines is 1. The summed E-state index contributed by atoms with van der Waals surface area (Å²) in [4.78, 5) is 0. The summed E-state index contributed by atoms with van der Waals surface area (Å²) in [7, 11) is 1.60. The largest absolute Gasteiger partial charge is 0.493 e. The molecule has 1 fully saturated rings. The van der Waals surface area contributed by atoms with Gasteiger partial charge < -0.3 is 19.9 Å². The molecule has 1 aromatic carbocycles. The molecule has 1 aliphatic rings. The van der Waals surface area contributed by atoms with Gasteiger partial charge in [0.15, 0.2) is 11.5 Å². The Morgan fingerprint density at radius 2 is 2.31 bits per heavy atom. The minimum absolute atomic E-state index is 0.210. The van der Waals surface area contributed by atoms with Crippen LogP contribution in [0.2, 0.25) is 0 Å². The van der Waals surface area contributed by atoms with Gasteiger partial charge in [0, 0.05) is 18.4 Å². The van der Waals surface area contributed by atoms with E-state index in [0.29, 0.717) is 23.8 Å². The Labute approximate surface area is 95.3 Å². The van der Waals surface area contributed by atoms with Crippen LogP contribution >= 0.6 is 0 Å². The zero-order valence-corrected chi connectivity index (χ0v) is 9.44. The first kappa shape index (κ1) is 11.1. The monoisotopic (exact) mass is 223 g/mol. The molecule has 4 heteroatoms. The number of hydrogen-bond acceptors (Lipinski definition) is 4. The lowest BCUT2D eigenvalue weighted by atomic mass is 10.2. The molecule has 0 spiro atoms. The highest BCUT2D eigenvalue weighted by Crippen LogP contribution is 2.29. The average Bonchev–Trinajstić information content (AvgIpc) is 2.80. The maximum atomic E-state index is 5.66. The van der Waals surface area contributed by atoms with Crippen LogP contribution in [0.25, 0.3) is 0 Å². The van der Waals surface area contributed by atoms with Gasteiger partial charge in [-0.2, -0.15) is 0 Å². The Morgan fingerprint density at radius 3 is 3.00 bits per heavy atom. The second-order valence-electron chi connectivity index (χ2n) is 3.86. The topological polar surface area (TPSA) is 53.7 Å². The van der Waals surface area contributed by atoms with Crippen LogP contribution in [0, 0.1) is 0 Å². The van der Waals surface area contributed by atoms with Gasteiger partial charge in [-0.15, -0.1) is 0 Å². The predicted octanol–water partition coefficient (Wildman–Crippen LogP) is 1.84. The molecule has 0 aliphatic carbocycles. The summed E-state index contributed by atoms with van der Waals surface area (Å²) in [6.45, 7) is 1.41. The normalized spacial score (nSPS) is 19.7. The van der Waals surface area contributed by atoms with Crippen molar-refractivity contribution in [1.82, 2.24) is 0 Å². The van der Waals surface area contributed by atoms with E-state index in [1.807, 2.05) is 6.07 Å². The molecule has 0 amide bonds. The molecule has 88 valence electrons. The van der Waals surface area contributed by atoms with Gasteiger partial charge in [-0.1, -0.05) is 0 Å². The number of nitrogens with two attached hydrogens (primary N) is 1. The summed E-state index contributed by atoms with van der Waals surface area (Å²) in [5.74, 6) is 1.38. The van der Waals surface area contributed by atoms with E-state index in [1.54, 1.807) is 19.2 Å². The van der Waals surface area contributed by atoms with E-state index in [1.165, 1.54) is 0 Å². The molecule has 0 saturated carbocycles. The number of benzene rings is 1. The zero-order valence-electron chi connectivity index (χ0n) is 9.44. The van der Waals surface area contributed by atoms with Crippen molar-refractivity contribution in [3.63, 3.8) is 0 Å². The number of ether oxygens (including phenoxy) is 3. The third-order valence-corrected chi connectivity index (χ3v) is 2.64. The Kier molecular flexibility index (Phi) is 3.51. The summed E-state index contributed by atoms with van der Waals surface area (Å²) >= 11 is 0. The van der Waals surface area contributed by atoms with Crippen LogP contribution in [-0.4, -0.2) is 26.4 Å². The Balaban J connectivity index is 1.97. The summed E-state index contributed by atoms with van der Waals surface area (Å²) < 4.78 is 16.3. The highest BCUT2D eigenvalue weighted by Gasteiger charge is 2.16. The van der Waals surface area contributed by atoms with Crippen molar-refractivity contribution in [2.45, 2.75) is 18.9 Å². The van der Waals surface area contributed by atoms with E-state index in [2.05, 4.69) is 0 Å². The number of nitrogen functional groups attached to an aromatic ring is 1. The molecule has 0 bridgehead atoms. The lowest BCUT2D eigenvalue weighted by molar-refractivity contribution is 0.0670. The van der Waals surface area contributed by atoms with Gasteiger partial charge in [0.25, 0.3) is 0 Å². The lowest BCUT2D eigenvalue weighted by Crippen LogP contribution is -2.16. The fourth-order valence-corrected chi connectivity index (χ4v) is 1.76. The van der Waals surface area contributed by atoms with Crippen LogP contribution in [0.1, 0.15) is 12.8 Å². The van der Waals surface area contributed by atoms with Crippen LogP contribution in [0.15, 0.2) is 18.2 Å². The number of rotatable bonds is 4. The van der Waals surface area contributed by atoms with E-state index in [9.17, 15) is 0 Å². The summed E-state index contributed by atoms with van der Waals surface area (Å²) in [6, 6.07) is 5.38. The molecular weight excluding hydrogens is 206 g/mol. The molecule has 1 heterocycles. The molecule has 0 radical (unpaired) electrons. The Bertz CT molecular complexity index is 348. The van der Waals surface area contributed by atoms with Crippen molar-refractivity contribution >= 4 is 5.69 Å². The van der Waals surface area contributed by atoms with E-state index in [4.69, 9.17) is 19.9 Å². The molecule has 1 atom stereocenters. The quantitative estimate of drug-likeness (QED) is 0.791. The van der Waals surface area contributed by atoms with Crippen molar-refractivity contribution < 1.29 is 14.2 Å². The fraction of sp³-hybridized carbons (Fsp3) is 0.500. The van der Waals surface area contributed by atoms with Crippen molar-refractivity contribution in [3.05, 3.63) is 18.2 Å². The third-order valence-electron chi connectivity index (χ3n) is 2.64. The van der Waals surface area contributed by atoms with E-state index in [0.717, 1.165) is 19.4 Å². The smallest absolute Gasteiger partial charge is 0.162 e. The minimum atomic E-state index is 0.210. The second kappa shape index (κ2) is 5.07. The van der Waals surface area contributed by atoms with Crippen LogP contribution in [0.3, 0.4) is 0 Å². The van der Waals surface area contributed by atoms with Crippen molar-refractivity contribution in [2.75, 3.05) is 26.1 Å². The van der Waals surface area contributed by atoms with Gasteiger partial charge in [-0.25, -0.2) is 0 Å². The third kappa shape index (κ3) is 2.58. The van der Waals surface area contributed by atoms with Crippen molar-refractivity contribution in [1.29, 1.82) is 0 Å². The van der Waals surface area contributed by atoms with E-state index >= 15 is 0 Å². The lowest BCUT2D eigenvalue weighted by Gasteiger charge is -2.14. The molecule has 1 saturated heterocycles. The Morgan fingerprint density at radius 1 is 1.44 bits per heavy atom. The molecule has 2 N–H and O–H groups in total. The molecule has 0 aromatic heterocycles. The van der Waals surface area contributed by atoms with Crippen molar-refractivity contribution in [2.24, 2.45) is 0 Å². The summed E-state index contributed by atoms with van der Waals surface area (Å²) in [5.41, 5.74) is 6.33. The highest BCUT2D eigenvalue weighted by molar-refractivity contribution is 5.51. The van der Waals surface area contributed by atoms with Gasteiger partial charge >= 0.3 is 0 Å².